The lowest BCUT2D eigenvalue weighted by atomic mass is 10.1. The van der Waals surface area contributed by atoms with Crippen molar-refractivity contribution in [1.29, 1.82) is 0 Å². The summed E-state index contributed by atoms with van der Waals surface area (Å²) in [6.45, 7) is 18.7. The van der Waals surface area contributed by atoms with Crippen molar-refractivity contribution < 1.29 is 19.6 Å². The van der Waals surface area contributed by atoms with Gasteiger partial charge in [-0.25, -0.2) is 19.6 Å². The van der Waals surface area contributed by atoms with Gasteiger partial charge in [-0.2, -0.15) is 0 Å². The van der Waals surface area contributed by atoms with E-state index in [-0.39, 0.29) is 11.2 Å². The van der Waals surface area contributed by atoms with Crippen LogP contribution in [-0.2, 0) is 19.6 Å². The van der Waals surface area contributed by atoms with Crippen LogP contribution in [0.15, 0.2) is 0 Å². The smallest absolute Gasteiger partial charge is 0.159 e. The van der Waals surface area contributed by atoms with Crippen molar-refractivity contribution in [1.82, 2.24) is 0 Å². The summed E-state index contributed by atoms with van der Waals surface area (Å²) >= 11 is 0. The SMILES string of the molecule is CC(C)(C)OOC(C)(C)C#CC#CC(C)(C)OOC(C)(C)C. The molecule has 0 aliphatic carbocycles. The Balaban J connectivity index is 4.62. The standard InChI is InChI=1S/C18H30O4/c1-15(2,3)19-21-17(7,8)13-11-12-14-18(9,10)22-20-16(4,5)6/h1-10H3. The Kier molecular flexibility index (Phi) is 7.13. The zero-order chi connectivity index (χ0) is 17.7. The third-order valence-electron chi connectivity index (χ3n) is 1.79. The quantitative estimate of drug-likeness (QED) is 0.446. The average Bonchev–Trinajstić information content (AvgIpc) is 2.29. The van der Waals surface area contributed by atoms with E-state index in [2.05, 4.69) is 23.7 Å². The van der Waals surface area contributed by atoms with Crippen LogP contribution in [0, 0.1) is 23.7 Å². The van der Waals surface area contributed by atoms with E-state index in [0.29, 0.717) is 0 Å². The van der Waals surface area contributed by atoms with Gasteiger partial charge in [0.25, 0.3) is 0 Å². The highest BCUT2D eigenvalue weighted by molar-refractivity contribution is 5.31. The molecule has 0 aliphatic rings. The second-order valence-corrected chi connectivity index (χ2v) is 8.08. The van der Waals surface area contributed by atoms with Crippen LogP contribution in [0.3, 0.4) is 0 Å². The van der Waals surface area contributed by atoms with Crippen LogP contribution in [0.5, 0.6) is 0 Å². The van der Waals surface area contributed by atoms with Crippen molar-refractivity contribution in [2.75, 3.05) is 0 Å². The Morgan fingerprint density at radius 1 is 0.455 bits per heavy atom. The Labute approximate surface area is 135 Å². The van der Waals surface area contributed by atoms with E-state index in [1.807, 2.05) is 69.2 Å². The molecule has 4 heteroatoms. The number of rotatable bonds is 4. The van der Waals surface area contributed by atoms with Gasteiger partial charge in [-0.3, -0.25) is 0 Å². The lowest BCUT2D eigenvalue weighted by Gasteiger charge is -2.24. The maximum atomic E-state index is 5.32. The molecule has 0 atom stereocenters. The Morgan fingerprint density at radius 2 is 0.727 bits per heavy atom. The van der Waals surface area contributed by atoms with E-state index in [1.54, 1.807) is 0 Å². The highest BCUT2D eigenvalue weighted by atomic mass is 17.2. The topological polar surface area (TPSA) is 36.9 Å². The normalized spacial score (nSPS) is 13.0. The molecule has 0 amide bonds. The van der Waals surface area contributed by atoms with Gasteiger partial charge in [0.2, 0.25) is 0 Å². The van der Waals surface area contributed by atoms with Gasteiger partial charge in [0.05, 0.1) is 11.2 Å². The molecule has 0 fully saturated rings. The second kappa shape index (κ2) is 7.49. The Hall–Kier alpha value is -1.04. The van der Waals surface area contributed by atoms with E-state index in [4.69, 9.17) is 19.6 Å². The molecule has 0 aromatic rings. The van der Waals surface area contributed by atoms with Crippen LogP contribution in [0.2, 0.25) is 0 Å². The third kappa shape index (κ3) is 12.7. The number of hydrogen-bond donors (Lipinski definition) is 0. The fraction of sp³-hybridized carbons (Fsp3) is 0.778. The highest BCUT2D eigenvalue weighted by Crippen LogP contribution is 2.16. The van der Waals surface area contributed by atoms with Crippen LogP contribution < -0.4 is 0 Å². The molecular weight excluding hydrogens is 280 g/mol. The summed E-state index contributed by atoms with van der Waals surface area (Å²) in [5.74, 6) is 11.3. The predicted octanol–water partition coefficient (Wildman–Crippen LogP) is 4.04. The molecule has 0 bridgehead atoms. The Bertz CT molecular complexity index is 422. The summed E-state index contributed by atoms with van der Waals surface area (Å²) in [6, 6.07) is 0. The van der Waals surface area contributed by atoms with Crippen LogP contribution in [0.1, 0.15) is 69.2 Å². The molecule has 0 saturated carbocycles. The minimum absolute atomic E-state index is 0.384. The van der Waals surface area contributed by atoms with E-state index in [9.17, 15) is 0 Å². The number of hydrogen-bond acceptors (Lipinski definition) is 4. The molecule has 0 radical (unpaired) electrons. The van der Waals surface area contributed by atoms with Crippen molar-refractivity contribution >= 4 is 0 Å². The van der Waals surface area contributed by atoms with Gasteiger partial charge in [-0.05, 0) is 81.1 Å². The van der Waals surface area contributed by atoms with E-state index < -0.39 is 11.2 Å². The fourth-order valence-corrected chi connectivity index (χ4v) is 0.864. The van der Waals surface area contributed by atoms with Crippen molar-refractivity contribution in [2.24, 2.45) is 0 Å². The molecule has 0 heterocycles. The molecule has 126 valence electrons. The van der Waals surface area contributed by atoms with Crippen LogP contribution >= 0.6 is 0 Å². The van der Waals surface area contributed by atoms with Crippen molar-refractivity contribution in [3.63, 3.8) is 0 Å². The summed E-state index contributed by atoms with van der Waals surface area (Å²) in [6.07, 6.45) is 0. The molecule has 0 aromatic carbocycles. The maximum absolute atomic E-state index is 5.32. The predicted molar refractivity (Wildman–Crippen MR) is 87.6 cm³/mol. The fourth-order valence-electron chi connectivity index (χ4n) is 0.864. The molecular formula is C18H30O4. The van der Waals surface area contributed by atoms with Crippen molar-refractivity contribution in [3.8, 4) is 23.7 Å². The summed E-state index contributed by atoms with van der Waals surface area (Å²) in [5, 5.41) is 0. The zero-order valence-corrected chi connectivity index (χ0v) is 15.6. The van der Waals surface area contributed by atoms with Gasteiger partial charge in [-0.1, -0.05) is 11.8 Å². The molecule has 0 rings (SSSR count). The van der Waals surface area contributed by atoms with Gasteiger partial charge in [0, 0.05) is 0 Å². The van der Waals surface area contributed by atoms with Crippen molar-refractivity contribution in [3.05, 3.63) is 0 Å². The Morgan fingerprint density at radius 3 is 0.955 bits per heavy atom. The van der Waals surface area contributed by atoms with Crippen LogP contribution in [-0.4, -0.2) is 22.4 Å². The molecule has 0 aromatic heterocycles. The van der Waals surface area contributed by atoms with Gasteiger partial charge in [0.15, 0.2) is 11.2 Å². The van der Waals surface area contributed by atoms with Crippen LogP contribution in [0.4, 0.5) is 0 Å². The first-order valence-corrected chi connectivity index (χ1v) is 7.40. The first-order chi connectivity index (χ1) is 9.62. The molecule has 22 heavy (non-hydrogen) atoms. The van der Waals surface area contributed by atoms with Gasteiger partial charge < -0.3 is 0 Å². The second-order valence-electron chi connectivity index (χ2n) is 8.08. The van der Waals surface area contributed by atoms with Gasteiger partial charge in [0.1, 0.15) is 0 Å². The lowest BCUT2D eigenvalue weighted by molar-refractivity contribution is -0.384. The molecule has 0 saturated heterocycles. The van der Waals surface area contributed by atoms with E-state index in [0.717, 1.165) is 0 Å². The third-order valence-corrected chi connectivity index (χ3v) is 1.79. The summed E-state index contributed by atoms with van der Waals surface area (Å²) < 4.78 is 0. The molecule has 0 unspecified atom stereocenters. The van der Waals surface area contributed by atoms with E-state index in [1.165, 1.54) is 0 Å². The minimum atomic E-state index is -0.741. The highest BCUT2D eigenvalue weighted by Gasteiger charge is 2.22. The summed E-state index contributed by atoms with van der Waals surface area (Å²) in [5.41, 5.74) is -2.25. The molecule has 4 nitrogen and oxygen atoms in total. The first kappa shape index (κ1) is 21.0. The van der Waals surface area contributed by atoms with Gasteiger partial charge in [-0.15, -0.1) is 0 Å². The lowest BCUT2D eigenvalue weighted by Crippen LogP contribution is -2.29. The monoisotopic (exact) mass is 310 g/mol. The molecule has 0 N–H and O–H groups in total. The summed E-state index contributed by atoms with van der Waals surface area (Å²) in [7, 11) is 0. The average molecular weight is 310 g/mol. The maximum Gasteiger partial charge on any atom is 0.159 e. The summed E-state index contributed by atoms with van der Waals surface area (Å²) in [4.78, 5) is 21.2. The van der Waals surface area contributed by atoms with Crippen molar-refractivity contribution in [2.45, 2.75) is 91.6 Å². The minimum Gasteiger partial charge on any atom is -0.229 e. The van der Waals surface area contributed by atoms with Gasteiger partial charge >= 0.3 is 0 Å². The zero-order valence-electron chi connectivity index (χ0n) is 15.6. The van der Waals surface area contributed by atoms with E-state index >= 15 is 0 Å². The first-order valence-electron chi connectivity index (χ1n) is 7.40. The largest absolute Gasteiger partial charge is 0.229 e. The van der Waals surface area contributed by atoms with Crippen LogP contribution in [0.25, 0.3) is 0 Å². The molecule has 0 spiro atoms. The molecule has 0 aliphatic heterocycles.